The van der Waals surface area contributed by atoms with Crippen molar-refractivity contribution in [1.29, 1.82) is 0 Å². The first-order chi connectivity index (χ1) is 27.5. The second-order valence-corrected chi connectivity index (χ2v) is 16.8. The first-order valence-corrected chi connectivity index (χ1v) is 20.2. The van der Waals surface area contributed by atoms with Gasteiger partial charge in [-0.2, -0.15) is 0 Å². The van der Waals surface area contributed by atoms with Crippen LogP contribution in [-0.2, 0) is 0 Å². The predicted octanol–water partition coefficient (Wildman–Crippen LogP) is 12.4. The molecule has 0 saturated carbocycles. The SMILES string of the molecule is CC1(C)C2=C(CC3C(=C2)N(C2C=CC=C4c5c(cccc5-c5ccc(C6Nc7ccccc7N6c6ccccc6)cc5)OC42)c2ccccc23)C2=CC=CCC21. The van der Waals surface area contributed by atoms with Gasteiger partial charge in [-0.15, -0.1) is 0 Å². The number of allylic oxidation sites excluding steroid dienone is 10. The molecule has 1 N–H and O–H groups in total. The Morgan fingerprint density at radius 2 is 1.52 bits per heavy atom. The number of benzene rings is 5. The molecule has 0 radical (unpaired) electrons. The molecule has 0 fully saturated rings. The van der Waals surface area contributed by atoms with Gasteiger partial charge in [-0.05, 0) is 106 Å². The number of nitrogens with zero attached hydrogens (tertiary/aromatic N) is 2. The number of para-hydroxylation sites is 4. The third kappa shape index (κ3) is 4.47. The topological polar surface area (TPSA) is 27.7 Å². The van der Waals surface area contributed by atoms with Gasteiger partial charge in [-0.3, -0.25) is 0 Å². The van der Waals surface area contributed by atoms with Crippen LogP contribution in [0.5, 0.6) is 5.75 Å². The van der Waals surface area contributed by atoms with Crippen LogP contribution < -0.4 is 19.9 Å². The van der Waals surface area contributed by atoms with Gasteiger partial charge in [-0.25, -0.2) is 0 Å². The fraction of sp³-hybridized carbons (Fsp3) is 0.192. The number of hydrogen-bond acceptors (Lipinski definition) is 4. The van der Waals surface area contributed by atoms with Crippen LogP contribution in [0.4, 0.5) is 22.7 Å². The molecule has 7 aliphatic rings. The minimum Gasteiger partial charge on any atom is -0.483 e. The molecule has 3 aliphatic heterocycles. The van der Waals surface area contributed by atoms with Gasteiger partial charge in [0, 0.05) is 34.1 Å². The van der Waals surface area contributed by atoms with E-state index in [0.29, 0.717) is 11.8 Å². The van der Waals surface area contributed by atoms with E-state index in [0.717, 1.165) is 24.3 Å². The monoisotopic (exact) mass is 725 g/mol. The molecule has 272 valence electrons. The summed E-state index contributed by atoms with van der Waals surface area (Å²) in [6.45, 7) is 4.93. The minimum absolute atomic E-state index is 0.00894. The van der Waals surface area contributed by atoms with Crippen molar-refractivity contribution in [3.05, 3.63) is 203 Å². The number of nitrogens with one attached hydrogen (secondary N) is 1. The van der Waals surface area contributed by atoms with E-state index in [1.807, 2.05) is 0 Å². The van der Waals surface area contributed by atoms with E-state index >= 15 is 0 Å². The largest absolute Gasteiger partial charge is 0.483 e. The summed E-state index contributed by atoms with van der Waals surface area (Å²) in [7, 11) is 0. The molecule has 5 atom stereocenters. The van der Waals surface area contributed by atoms with Crippen molar-refractivity contribution in [2.75, 3.05) is 15.1 Å². The molecule has 5 unspecified atom stereocenters. The van der Waals surface area contributed by atoms with Gasteiger partial charge in [0.15, 0.2) is 0 Å². The Kier molecular flexibility index (Phi) is 6.79. The normalized spacial score (nSPS) is 25.5. The minimum atomic E-state index is -0.120. The van der Waals surface area contributed by atoms with Gasteiger partial charge >= 0.3 is 0 Å². The van der Waals surface area contributed by atoms with E-state index in [9.17, 15) is 0 Å². The van der Waals surface area contributed by atoms with Crippen LogP contribution in [0.3, 0.4) is 0 Å². The highest BCUT2D eigenvalue weighted by atomic mass is 16.5. The van der Waals surface area contributed by atoms with E-state index in [4.69, 9.17) is 4.74 Å². The molecule has 12 rings (SSSR count). The Balaban J connectivity index is 0.892. The highest BCUT2D eigenvalue weighted by molar-refractivity contribution is 5.91. The van der Waals surface area contributed by atoms with Crippen LogP contribution >= 0.6 is 0 Å². The fourth-order valence-electron chi connectivity index (χ4n) is 11.0. The lowest BCUT2D eigenvalue weighted by molar-refractivity contribution is 0.256. The van der Waals surface area contributed by atoms with Crippen molar-refractivity contribution in [1.82, 2.24) is 0 Å². The standard InChI is InChI=1S/C52H43N3O/c1-52(2)41-20-8-6-16-36(41)39-30-40-37-17-7-10-22-44(37)55(47(40)31-42(39)52)46-24-12-19-38-49-35(18-13-25-48(49)56-50(38)46)32-26-28-33(29-27-32)51-53-43-21-9-11-23-45(43)54(51)34-14-4-3-5-15-34/h3-19,21-29,31,40-41,46,50-51,53H,20,30H2,1-2H3. The molecular formula is C52H43N3O. The zero-order valence-electron chi connectivity index (χ0n) is 31.7. The number of rotatable bonds is 4. The highest BCUT2D eigenvalue weighted by Gasteiger charge is 2.51. The molecule has 56 heavy (non-hydrogen) atoms. The Morgan fingerprint density at radius 3 is 2.39 bits per heavy atom. The van der Waals surface area contributed by atoms with Gasteiger partial charge in [0.05, 0.1) is 17.4 Å². The third-order valence-electron chi connectivity index (χ3n) is 13.7. The van der Waals surface area contributed by atoms with Gasteiger partial charge in [0.1, 0.15) is 18.0 Å². The molecule has 5 aromatic rings. The Hall–Kier alpha value is -6.26. The van der Waals surface area contributed by atoms with E-state index in [1.165, 1.54) is 61.7 Å². The van der Waals surface area contributed by atoms with Crippen molar-refractivity contribution in [2.45, 2.75) is 50.9 Å². The zero-order valence-corrected chi connectivity index (χ0v) is 31.7. The summed E-state index contributed by atoms with van der Waals surface area (Å²) in [4.78, 5) is 5.03. The average Bonchev–Trinajstić information content (AvgIpc) is 3.98. The summed E-state index contributed by atoms with van der Waals surface area (Å²) in [5.41, 5.74) is 18.5. The van der Waals surface area contributed by atoms with Crippen LogP contribution in [0.15, 0.2) is 186 Å². The lowest BCUT2D eigenvalue weighted by Crippen LogP contribution is -2.44. The number of hydrogen-bond donors (Lipinski definition) is 1. The first-order valence-electron chi connectivity index (χ1n) is 20.2. The van der Waals surface area contributed by atoms with Gasteiger partial charge in [0.25, 0.3) is 0 Å². The molecule has 3 heterocycles. The van der Waals surface area contributed by atoms with Crippen molar-refractivity contribution < 1.29 is 4.74 Å². The summed E-state index contributed by atoms with van der Waals surface area (Å²) >= 11 is 0. The fourth-order valence-corrected chi connectivity index (χ4v) is 11.0. The van der Waals surface area contributed by atoms with Crippen LogP contribution in [-0.4, -0.2) is 12.1 Å². The van der Waals surface area contributed by atoms with Crippen LogP contribution in [0.25, 0.3) is 16.7 Å². The molecule has 0 aromatic heterocycles. The number of anilines is 4. The molecule has 0 amide bonds. The summed E-state index contributed by atoms with van der Waals surface area (Å²) in [5.74, 6) is 1.85. The Bertz CT molecular complexity index is 2660. The summed E-state index contributed by atoms with van der Waals surface area (Å²) in [5, 5.41) is 3.80. The maximum atomic E-state index is 7.07. The third-order valence-corrected chi connectivity index (χ3v) is 13.7. The Morgan fingerprint density at radius 1 is 0.732 bits per heavy atom. The zero-order chi connectivity index (χ0) is 37.1. The summed E-state index contributed by atoms with van der Waals surface area (Å²) in [6.07, 6.45) is 18.6. The lowest BCUT2D eigenvalue weighted by atomic mass is 9.73. The van der Waals surface area contributed by atoms with Crippen molar-refractivity contribution in [3.8, 4) is 16.9 Å². The van der Waals surface area contributed by atoms with Gasteiger partial charge < -0.3 is 19.9 Å². The molecule has 5 aromatic carbocycles. The second-order valence-electron chi connectivity index (χ2n) is 16.8. The van der Waals surface area contributed by atoms with E-state index < -0.39 is 0 Å². The molecule has 0 spiro atoms. The van der Waals surface area contributed by atoms with Crippen LogP contribution in [0.2, 0.25) is 0 Å². The lowest BCUT2D eigenvalue weighted by Gasteiger charge is -2.37. The van der Waals surface area contributed by atoms with E-state index in [-0.39, 0.29) is 23.7 Å². The summed E-state index contributed by atoms with van der Waals surface area (Å²) < 4.78 is 7.07. The van der Waals surface area contributed by atoms with Crippen molar-refractivity contribution in [2.24, 2.45) is 11.3 Å². The maximum absolute atomic E-state index is 7.07. The molecule has 0 saturated heterocycles. The predicted molar refractivity (Wildman–Crippen MR) is 229 cm³/mol. The van der Waals surface area contributed by atoms with Crippen LogP contribution in [0.1, 0.15) is 55.5 Å². The second kappa shape index (κ2) is 11.9. The number of fused-ring (bicyclic) bond motifs is 9. The maximum Gasteiger partial charge on any atom is 0.149 e. The Labute approximate surface area is 329 Å². The molecule has 4 aliphatic carbocycles. The molecule has 4 nitrogen and oxygen atoms in total. The summed E-state index contributed by atoms with van der Waals surface area (Å²) in [6, 6.07) is 44.1. The molecule has 0 bridgehead atoms. The van der Waals surface area contributed by atoms with Crippen LogP contribution in [0, 0.1) is 11.3 Å². The van der Waals surface area contributed by atoms with Crippen molar-refractivity contribution >= 4 is 28.3 Å². The highest BCUT2D eigenvalue weighted by Crippen LogP contribution is 2.62. The van der Waals surface area contributed by atoms with Gasteiger partial charge in [-0.1, -0.05) is 135 Å². The van der Waals surface area contributed by atoms with Crippen molar-refractivity contribution in [3.63, 3.8) is 0 Å². The van der Waals surface area contributed by atoms with E-state index in [1.54, 1.807) is 11.1 Å². The average molecular weight is 726 g/mol. The number of ether oxygens (including phenoxy) is 1. The molecule has 4 heteroatoms. The smallest absolute Gasteiger partial charge is 0.149 e. The van der Waals surface area contributed by atoms with E-state index in [2.05, 4.69) is 193 Å². The van der Waals surface area contributed by atoms with Gasteiger partial charge in [0.2, 0.25) is 0 Å². The molecular weight excluding hydrogens is 683 g/mol. The first kappa shape index (κ1) is 32.0. The quantitative estimate of drug-likeness (QED) is 0.200.